The first-order valence-electron chi connectivity index (χ1n) is 5.28. The monoisotopic (exact) mass is 268 g/mol. The van der Waals surface area contributed by atoms with E-state index in [-0.39, 0.29) is 18.1 Å². The molecule has 0 atom stereocenters. The van der Waals surface area contributed by atoms with Gasteiger partial charge >= 0.3 is 5.91 Å². The van der Waals surface area contributed by atoms with Crippen molar-refractivity contribution in [2.75, 3.05) is 0 Å². The minimum Gasteiger partial charge on any atom is -0.480 e. The first-order chi connectivity index (χ1) is 9.11. The summed E-state index contributed by atoms with van der Waals surface area (Å²) >= 11 is 0. The molecule has 19 heavy (non-hydrogen) atoms. The number of nitrogens with one attached hydrogen (secondary N) is 1. The molecule has 1 aromatic heterocycles. The zero-order valence-corrected chi connectivity index (χ0v) is 9.65. The number of hydrogen-bond donors (Lipinski definition) is 2. The Labute approximate surface area is 106 Å². The van der Waals surface area contributed by atoms with Crippen molar-refractivity contribution in [2.45, 2.75) is 6.61 Å². The van der Waals surface area contributed by atoms with Crippen molar-refractivity contribution in [3.8, 4) is 5.75 Å². The van der Waals surface area contributed by atoms with Gasteiger partial charge in [0.25, 0.3) is 0 Å². The largest absolute Gasteiger partial charge is 0.480 e. The summed E-state index contributed by atoms with van der Waals surface area (Å²) in [5, 5.41) is 0. The van der Waals surface area contributed by atoms with Gasteiger partial charge in [0, 0.05) is 0 Å². The Kier molecular flexibility index (Phi) is 3.76. The summed E-state index contributed by atoms with van der Waals surface area (Å²) in [4.78, 5) is 11.1. The summed E-state index contributed by atoms with van der Waals surface area (Å²) in [6.45, 7) is -0.213. The average molecular weight is 268 g/mol. The molecule has 3 N–H and O–H groups in total. The van der Waals surface area contributed by atoms with Gasteiger partial charge in [-0.25, -0.2) is 14.6 Å². The van der Waals surface area contributed by atoms with Crippen molar-refractivity contribution in [3.63, 3.8) is 0 Å². The molecule has 100 valence electrons. The van der Waals surface area contributed by atoms with Crippen LogP contribution in [0.15, 0.2) is 34.7 Å². The van der Waals surface area contributed by atoms with E-state index < -0.39 is 23.3 Å². The molecule has 0 fully saturated rings. The number of para-hydroxylation sites is 1. The number of amides is 1. The molecule has 0 saturated carbocycles. The number of benzene rings is 1. The third-order valence-electron chi connectivity index (χ3n) is 2.29. The number of carbonyl (C=O) groups is 1. The van der Waals surface area contributed by atoms with Crippen LogP contribution in [0.3, 0.4) is 0 Å². The highest BCUT2D eigenvalue weighted by Gasteiger charge is 2.13. The molecule has 0 bridgehead atoms. The fourth-order valence-corrected chi connectivity index (χ4v) is 1.41. The summed E-state index contributed by atoms with van der Waals surface area (Å²) in [6.07, 6.45) is 0. The molecule has 0 aliphatic rings. The van der Waals surface area contributed by atoms with Crippen molar-refractivity contribution in [1.82, 2.24) is 5.43 Å². The zero-order valence-electron chi connectivity index (χ0n) is 9.65. The Balaban J connectivity index is 2.07. The van der Waals surface area contributed by atoms with Crippen LogP contribution in [0.25, 0.3) is 0 Å². The predicted molar refractivity (Wildman–Crippen MR) is 61.1 cm³/mol. The van der Waals surface area contributed by atoms with E-state index in [1.54, 1.807) is 0 Å². The zero-order chi connectivity index (χ0) is 13.8. The molecule has 0 aliphatic heterocycles. The van der Waals surface area contributed by atoms with Crippen molar-refractivity contribution in [1.29, 1.82) is 0 Å². The van der Waals surface area contributed by atoms with Gasteiger partial charge in [-0.3, -0.25) is 10.2 Å². The third-order valence-corrected chi connectivity index (χ3v) is 2.29. The van der Waals surface area contributed by atoms with Gasteiger partial charge in [-0.05, 0) is 24.3 Å². The van der Waals surface area contributed by atoms with Crippen LogP contribution >= 0.6 is 0 Å². The molecule has 0 spiro atoms. The Morgan fingerprint density at radius 2 is 1.95 bits per heavy atom. The first kappa shape index (κ1) is 13.0. The maximum absolute atomic E-state index is 13.3. The summed E-state index contributed by atoms with van der Waals surface area (Å²) < 4.78 is 36.6. The highest BCUT2D eigenvalue weighted by Crippen LogP contribution is 2.22. The van der Waals surface area contributed by atoms with Crippen LogP contribution in [0.4, 0.5) is 8.78 Å². The van der Waals surface area contributed by atoms with Gasteiger partial charge in [0.05, 0.1) is 0 Å². The van der Waals surface area contributed by atoms with E-state index in [0.717, 1.165) is 12.1 Å². The minimum absolute atomic E-state index is 0.0184. The lowest BCUT2D eigenvalue weighted by atomic mass is 10.3. The molecule has 2 rings (SSSR count). The molecule has 0 unspecified atom stereocenters. The molecule has 1 amide bonds. The SMILES string of the molecule is NNC(=O)c1ccc(COc2c(F)cccc2F)o1. The van der Waals surface area contributed by atoms with Gasteiger partial charge in [0.1, 0.15) is 12.4 Å². The Morgan fingerprint density at radius 1 is 1.26 bits per heavy atom. The van der Waals surface area contributed by atoms with Gasteiger partial charge in [0.2, 0.25) is 0 Å². The highest BCUT2D eigenvalue weighted by atomic mass is 19.1. The molecule has 1 aromatic carbocycles. The molecule has 0 saturated heterocycles. The van der Waals surface area contributed by atoms with Gasteiger partial charge in [-0.1, -0.05) is 6.07 Å². The average Bonchev–Trinajstić information content (AvgIpc) is 2.86. The Hall–Kier alpha value is -2.41. The number of rotatable bonds is 4. The second kappa shape index (κ2) is 5.49. The number of carbonyl (C=O) groups excluding carboxylic acids is 1. The van der Waals surface area contributed by atoms with E-state index in [1.807, 2.05) is 5.43 Å². The maximum Gasteiger partial charge on any atom is 0.300 e. The number of halogens is 2. The van der Waals surface area contributed by atoms with Crippen molar-refractivity contribution in [2.24, 2.45) is 5.84 Å². The van der Waals surface area contributed by atoms with Crippen LogP contribution in [0, 0.1) is 11.6 Å². The second-order valence-electron chi connectivity index (χ2n) is 3.58. The lowest BCUT2D eigenvalue weighted by molar-refractivity contribution is 0.0921. The van der Waals surface area contributed by atoms with E-state index in [0.29, 0.717) is 0 Å². The number of furan rings is 1. The van der Waals surface area contributed by atoms with E-state index in [2.05, 4.69) is 0 Å². The van der Waals surface area contributed by atoms with Crippen LogP contribution in [-0.2, 0) is 6.61 Å². The van der Waals surface area contributed by atoms with E-state index in [1.165, 1.54) is 18.2 Å². The van der Waals surface area contributed by atoms with Gasteiger partial charge in [-0.15, -0.1) is 0 Å². The fraction of sp³-hybridized carbons (Fsp3) is 0.0833. The molecule has 0 radical (unpaired) electrons. The van der Waals surface area contributed by atoms with Crippen molar-refractivity contribution >= 4 is 5.91 Å². The van der Waals surface area contributed by atoms with Gasteiger partial charge in [-0.2, -0.15) is 0 Å². The van der Waals surface area contributed by atoms with E-state index >= 15 is 0 Å². The number of hydrazine groups is 1. The minimum atomic E-state index is -0.813. The smallest absolute Gasteiger partial charge is 0.300 e. The second-order valence-corrected chi connectivity index (χ2v) is 3.58. The van der Waals surface area contributed by atoms with Gasteiger partial charge < -0.3 is 9.15 Å². The maximum atomic E-state index is 13.3. The van der Waals surface area contributed by atoms with Crippen molar-refractivity contribution < 1.29 is 22.7 Å². The number of ether oxygens (including phenoxy) is 1. The van der Waals surface area contributed by atoms with Crippen LogP contribution in [0.5, 0.6) is 5.75 Å². The quantitative estimate of drug-likeness (QED) is 0.503. The standard InChI is InChI=1S/C12H10F2N2O3/c13-8-2-1-3-9(14)11(8)18-6-7-4-5-10(19-7)12(17)16-15/h1-5H,6,15H2,(H,16,17). The number of nitrogen functional groups attached to an aromatic ring is 1. The third kappa shape index (κ3) is 2.89. The van der Waals surface area contributed by atoms with E-state index in [9.17, 15) is 13.6 Å². The normalized spacial score (nSPS) is 10.3. The van der Waals surface area contributed by atoms with Crippen molar-refractivity contribution in [3.05, 3.63) is 53.5 Å². The van der Waals surface area contributed by atoms with Gasteiger partial charge in [0.15, 0.2) is 23.1 Å². The van der Waals surface area contributed by atoms with Crippen LogP contribution in [0.1, 0.15) is 16.3 Å². The Bertz CT molecular complexity index is 578. The van der Waals surface area contributed by atoms with E-state index in [4.69, 9.17) is 15.0 Å². The lowest BCUT2D eigenvalue weighted by Crippen LogP contribution is -2.29. The topological polar surface area (TPSA) is 77.5 Å². The Morgan fingerprint density at radius 3 is 2.58 bits per heavy atom. The number of nitrogens with two attached hydrogens (primary N) is 1. The molecular formula is C12H10F2N2O3. The van der Waals surface area contributed by atoms with Crippen LogP contribution < -0.4 is 16.0 Å². The molecule has 2 aromatic rings. The summed E-state index contributed by atoms with van der Waals surface area (Å²) in [6, 6.07) is 6.21. The summed E-state index contributed by atoms with van der Waals surface area (Å²) in [5.74, 6) is 2.42. The number of hydrogen-bond acceptors (Lipinski definition) is 4. The molecule has 7 heteroatoms. The highest BCUT2D eigenvalue weighted by molar-refractivity contribution is 5.90. The molecular weight excluding hydrogens is 258 g/mol. The predicted octanol–water partition coefficient (Wildman–Crippen LogP) is 1.74. The molecule has 5 nitrogen and oxygen atoms in total. The first-order valence-corrected chi connectivity index (χ1v) is 5.28. The summed E-state index contributed by atoms with van der Waals surface area (Å²) in [7, 11) is 0. The van der Waals surface area contributed by atoms with Crippen LogP contribution in [0.2, 0.25) is 0 Å². The van der Waals surface area contributed by atoms with Crippen LogP contribution in [-0.4, -0.2) is 5.91 Å². The molecule has 1 heterocycles. The fourth-order valence-electron chi connectivity index (χ4n) is 1.41. The lowest BCUT2D eigenvalue weighted by Gasteiger charge is -2.06. The molecule has 0 aliphatic carbocycles. The summed E-state index contributed by atoms with van der Waals surface area (Å²) in [5.41, 5.74) is 1.89.